The summed E-state index contributed by atoms with van der Waals surface area (Å²) in [6.07, 6.45) is 1.14. The zero-order valence-corrected chi connectivity index (χ0v) is 16.7. The number of benzene rings is 2. The Morgan fingerprint density at radius 1 is 1.25 bits per heavy atom. The zero-order chi connectivity index (χ0) is 20.1. The van der Waals surface area contributed by atoms with Crippen molar-refractivity contribution in [2.45, 2.75) is 18.8 Å². The maximum absolute atomic E-state index is 13.2. The van der Waals surface area contributed by atoms with E-state index in [4.69, 9.17) is 27.9 Å². The number of nitriles is 1. The molecule has 3 rings (SSSR count). The van der Waals surface area contributed by atoms with Crippen LogP contribution in [0.5, 0.6) is 5.75 Å². The Morgan fingerprint density at radius 2 is 2.07 bits per heavy atom. The maximum atomic E-state index is 13.2. The number of nitrogens with zero attached hydrogens (tertiary/aromatic N) is 2. The van der Waals surface area contributed by atoms with Crippen LogP contribution in [0.3, 0.4) is 0 Å². The molecule has 0 fully saturated rings. The number of fused-ring (bicyclic) bond motifs is 1. The average molecular weight is 419 g/mol. The van der Waals surface area contributed by atoms with Gasteiger partial charge in [0.15, 0.2) is 0 Å². The van der Waals surface area contributed by atoms with E-state index >= 15 is 0 Å². The molecule has 0 aromatic heterocycles. The highest BCUT2D eigenvalue weighted by molar-refractivity contribution is 6.42. The van der Waals surface area contributed by atoms with E-state index in [1.165, 1.54) is 0 Å². The highest BCUT2D eigenvalue weighted by Crippen LogP contribution is 2.31. The number of aliphatic hydroxyl groups is 1. The van der Waals surface area contributed by atoms with Crippen molar-refractivity contribution in [3.63, 3.8) is 0 Å². The Labute approximate surface area is 174 Å². The highest BCUT2D eigenvalue weighted by atomic mass is 35.5. The summed E-state index contributed by atoms with van der Waals surface area (Å²) in [7, 11) is 0. The summed E-state index contributed by atoms with van der Waals surface area (Å²) >= 11 is 12.2. The molecule has 1 aliphatic rings. The number of hydrogen-bond donors (Lipinski definition) is 1. The summed E-state index contributed by atoms with van der Waals surface area (Å²) in [5.74, 6) is 0.0643. The zero-order valence-electron chi connectivity index (χ0n) is 15.2. The van der Waals surface area contributed by atoms with Crippen molar-refractivity contribution in [3.05, 3.63) is 63.1 Å². The second-order valence-corrected chi connectivity index (χ2v) is 7.44. The lowest BCUT2D eigenvalue weighted by Crippen LogP contribution is -2.38. The van der Waals surface area contributed by atoms with Crippen LogP contribution < -0.4 is 4.74 Å². The van der Waals surface area contributed by atoms with Crippen LogP contribution in [0.15, 0.2) is 36.4 Å². The Hall–Kier alpha value is -2.26. The summed E-state index contributed by atoms with van der Waals surface area (Å²) < 4.78 is 5.69. The van der Waals surface area contributed by atoms with Gasteiger partial charge in [0.2, 0.25) is 0 Å². The van der Waals surface area contributed by atoms with E-state index in [9.17, 15) is 15.2 Å². The number of para-hydroxylation sites is 1. The molecule has 0 aliphatic carbocycles. The fraction of sp³-hybridized carbons (Fsp3) is 0.333. The van der Waals surface area contributed by atoms with Crippen LogP contribution in [0.2, 0.25) is 10.0 Å². The van der Waals surface area contributed by atoms with Gasteiger partial charge in [0.1, 0.15) is 11.8 Å². The number of rotatable bonds is 5. The minimum atomic E-state index is -0.185. The van der Waals surface area contributed by atoms with Crippen LogP contribution in [-0.4, -0.2) is 42.2 Å². The summed E-state index contributed by atoms with van der Waals surface area (Å²) in [5.41, 5.74) is 1.65. The van der Waals surface area contributed by atoms with Crippen molar-refractivity contribution in [1.29, 1.82) is 5.26 Å². The van der Waals surface area contributed by atoms with Crippen molar-refractivity contribution < 1.29 is 14.6 Å². The first kappa shape index (κ1) is 20.5. The quantitative estimate of drug-likeness (QED) is 0.786. The molecule has 0 unspecified atom stereocenters. The van der Waals surface area contributed by atoms with Gasteiger partial charge in [-0.15, -0.1) is 0 Å². The lowest BCUT2D eigenvalue weighted by atomic mass is 9.94. The number of aliphatic hydroxyl groups excluding tert-OH is 1. The van der Waals surface area contributed by atoms with E-state index in [0.717, 1.165) is 5.56 Å². The molecule has 1 aliphatic heterocycles. The van der Waals surface area contributed by atoms with Gasteiger partial charge in [0.25, 0.3) is 5.91 Å². The van der Waals surface area contributed by atoms with E-state index in [2.05, 4.69) is 6.07 Å². The van der Waals surface area contributed by atoms with E-state index in [0.29, 0.717) is 59.5 Å². The van der Waals surface area contributed by atoms with E-state index < -0.39 is 0 Å². The molecule has 2 aromatic rings. The number of ether oxygens (including phenoxy) is 1. The van der Waals surface area contributed by atoms with Gasteiger partial charge in [-0.2, -0.15) is 5.26 Å². The van der Waals surface area contributed by atoms with Crippen molar-refractivity contribution in [3.8, 4) is 11.8 Å². The number of halogens is 2. The SMILES string of the molecule is N#Cc1cccc2c1OCCCN(C[C@@H](CCO)c1ccc(Cl)c(Cl)c1)C2=O. The van der Waals surface area contributed by atoms with Gasteiger partial charge in [-0.3, -0.25) is 4.79 Å². The van der Waals surface area contributed by atoms with Crippen LogP contribution in [0.4, 0.5) is 0 Å². The number of carbonyl (C=O) groups is 1. The summed E-state index contributed by atoms with van der Waals surface area (Å²) in [5, 5.41) is 19.7. The van der Waals surface area contributed by atoms with E-state index in [-0.39, 0.29) is 18.4 Å². The second-order valence-electron chi connectivity index (χ2n) is 6.63. The lowest BCUT2D eigenvalue weighted by molar-refractivity contribution is 0.0708. The van der Waals surface area contributed by atoms with Crippen molar-refractivity contribution >= 4 is 29.1 Å². The minimum absolute atomic E-state index is 0.00871. The molecule has 1 atom stereocenters. The van der Waals surface area contributed by atoms with Crippen molar-refractivity contribution in [1.82, 2.24) is 4.90 Å². The highest BCUT2D eigenvalue weighted by Gasteiger charge is 2.26. The van der Waals surface area contributed by atoms with Crippen LogP contribution in [0, 0.1) is 11.3 Å². The predicted octanol–water partition coefficient (Wildman–Crippen LogP) is 4.26. The number of hydrogen-bond acceptors (Lipinski definition) is 4. The molecule has 1 amide bonds. The van der Waals surface area contributed by atoms with Gasteiger partial charge in [0, 0.05) is 25.6 Å². The Morgan fingerprint density at radius 3 is 2.79 bits per heavy atom. The molecule has 146 valence electrons. The molecule has 2 aromatic carbocycles. The molecular formula is C21H20Cl2N2O3. The third kappa shape index (κ3) is 4.41. The molecule has 0 bridgehead atoms. The first-order valence-electron chi connectivity index (χ1n) is 9.06. The lowest BCUT2D eigenvalue weighted by Gasteiger charge is -2.30. The fourth-order valence-electron chi connectivity index (χ4n) is 3.38. The number of carbonyl (C=O) groups excluding carboxylic acids is 1. The topological polar surface area (TPSA) is 73.6 Å². The van der Waals surface area contributed by atoms with Gasteiger partial charge in [0.05, 0.1) is 27.8 Å². The molecule has 5 nitrogen and oxygen atoms in total. The maximum Gasteiger partial charge on any atom is 0.257 e. The molecular weight excluding hydrogens is 399 g/mol. The van der Waals surface area contributed by atoms with E-state index in [1.807, 2.05) is 6.07 Å². The van der Waals surface area contributed by atoms with Gasteiger partial charge >= 0.3 is 0 Å². The van der Waals surface area contributed by atoms with Gasteiger partial charge in [-0.25, -0.2) is 0 Å². The summed E-state index contributed by atoms with van der Waals surface area (Å²) in [6, 6.07) is 12.5. The van der Waals surface area contributed by atoms with Crippen LogP contribution in [0.25, 0.3) is 0 Å². The molecule has 0 saturated heterocycles. The van der Waals surface area contributed by atoms with Gasteiger partial charge in [-0.05, 0) is 42.7 Å². The van der Waals surface area contributed by atoms with Crippen LogP contribution in [-0.2, 0) is 0 Å². The fourth-order valence-corrected chi connectivity index (χ4v) is 3.68. The Balaban J connectivity index is 1.91. The first-order valence-corrected chi connectivity index (χ1v) is 9.81. The molecule has 0 spiro atoms. The van der Waals surface area contributed by atoms with Crippen LogP contribution >= 0.6 is 23.2 Å². The second kappa shape index (κ2) is 9.29. The summed E-state index contributed by atoms with van der Waals surface area (Å²) in [4.78, 5) is 14.9. The molecule has 7 heteroatoms. The normalized spacial score (nSPS) is 15.1. The largest absolute Gasteiger partial charge is 0.491 e. The van der Waals surface area contributed by atoms with E-state index in [1.54, 1.807) is 35.2 Å². The minimum Gasteiger partial charge on any atom is -0.491 e. The van der Waals surface area contributed by atoms with Crippen molar-refractivity contribution in [2.75, 3.05) is 26.3 Å². The predicted molar refractivity (Wildman–Crippen MR) is 108 cm³/mol. The molecule has 1 N–H and O–H groups in total. The Kier molecular flexibility index (Phi) is 6.79. The first-order chi connectivity index (χ1) is 13.5. The standard InChI is InChI=1S/C21H20Cl2N2O3/c22-18-6-5-14(11-19(18)23)16(7-9-26)13-25-8-2-10-28-20-15(12-24)3-1-4-17(20)21(25)27/h1,3-6,11,16,26H,2,7-10,13H2/t16-/m1/s1. The monoisotopic (exact) mass is 418 g/mol. The smallest absolute Gasteiger partial charge is 0.257 e. The molecule has 28 heavy (non-hydrogen) atoms. The third-order valence-corrected chi connectivity index (χ3v) is 5.54. The average Bonchev–Trinajstić information content (AvgIpc) is 2.69. The molecule has 1 heterocycles. The molecule has 0 radical (unpaired) electrons. The van der Waals surface area contributed by atoms with Gasteiger partial charge in [-0.1, -0.05) is 35.3 Å². The number of amides is 1. The summed E-state index contributed by atoms with van der Waals surface area (Å²) in [6.45, 7) is 1.37. The third-order valence-electron chi connectivity index (χ3n) is 4.81. The Bertz CT molecular complexity index is 911. The molecule has 0 saturated carbocycles. The van der Waals surface area contributed by atoms with Crippen LogP contribution in [0.1, 0.15) is 40.2 Å². The van der Waals surface area contributed by atoms with Crippen molar-refractivity contribution in [2.24, 2.45) is 0 Å². The van der Waals surface area contributed by atoms with Gasteiger partial charge < -0.3 is 14.7 Å².